The zero-order valence-corrected chi connectivity index (χ0v) is 10.4. The fraction of sp³-hybridized carbons (Fsp3) is 0.800. The minimum absolute atomic E-state index is 0.0381. The van der Waals surface area contributed by atoms with Gasteiger partial charge in [0.2, 0.25) is 0 Å². The first-order chi connectivity index (χ1) is 7.65. The first-order valence-corrected chi connectivity index (χ1v) is 5.80. The lowest BCUT2D eigenvalue weighted by Gasteiger charge is -2.15. The van der Waals surface area contributed by atoms with E-state index in [0.29, 0.717) is 19.0 Å². The van der Waals surface area contributed by atoms with Crippen molar-refractivity contribution in [2.24, 2.45) is 0 Å². The van der Waals surface area contributed by atoms with Crippen LogP contribution in [0.2, 0.25) is 0 Å². The largest absolute Gasteiger partial charge is 0.466 e. The molecular weight excluding hydrogens is 234 g/mol. The lowest BCUT2D eigenvalue weighted by molar-refractivity contribution is -0.152. The number of ether oxygens (including phenoxy) is 2. The van der Waals surface area contributed by atoms with Crippen LogP contribution < -0.4 is 5.32 Å². The molecule has 0 aromatic heterocycles. The van der Waals surface area contributed by atoms with E-state index in [1.54, 1.807) is 13.8 Å². The van der Waals surface area contributed by atoms with Crippen LogP contribution >= 0.6 is 11.6 Å². The topological polar surface area (TPSA) is 64.6 Å². The van der Waals surface area contributed by atoms with Gasteiger partial charge in [-0.25, -0.2) is 0 Å². The summed E-state index contributed by atoms with van der Waals surface area (Å²) in [5.74, 6) is -0.526. The third-order valence-electron chi connectivity index (χ3n) is 1.73. The fourth-order valence-electron chi connectivity index (χ4n) is 1.10. The molecular formula is C10H18ClNO4. The smallest absolute Gasteiger partial charge is 0.323 e. The van der Waals surface area contributed by atoms with Gasteiger partial charge >= 0.3 is 11.9 Å². The maximum Gasteiger partial charge on any atom is 0.323 e. The van der Waals surface area contributed by atoms with Gasteiger partial charge in [0, 0.05) is 12.4 Å². The minimum Gasteiger partial charge on any atom is -0.466 e. The molecule has 6 heteroatoms. The number of hydrogen-bond donors (Lipinski definition) is 1. The lowest BCUT2D eigenvalue weighted by atomic mass is 10.2. The molecule has 5 nitrogen and oxygen atoms in total. The van der Waals surface area contributed by atoms with Gasteiger partial charge in [0.1, 0.15) is 6.04 Å². The van der Waals surface area contributed by atoms with Crippen molar-refractivity contribution < 1.29 is 19.1 Å². The number of esters is 2. The highest BCUT2D eigenvalue weighted by atomic mass is 35.5. The molecule has 0 spiro atoms. The van der Waals surface area contributed by atoms with Crippen LogP contribution in [0.1, 0.15) is 20.3 Å². The zero-order valence-electron chi connectivity index (χ0n) is 9.62. The number of hydrogen-bond acceptors (Lipinski definition) is 5. The monoisotopic (exact) mass is 251 g/mol. The quantitative estimate of drug-likeness (QED) is 0.508. The van der Waals surface area contributed by atoms with Crippen LogP contribution in [0, 0.1) is 0 Å². The van der Waals surface area contributed by atoms with E-state index in [0.717, 1.165) is 0 Å². The van der Waals surface area contributed by atoms with Crippen LogP contribution in [0.15, 0.2) is 0 Å². The molecule has 0 saturated heterocycles. The Balaban J connectivity index is 4.18. The average molecular weight is 252 g/mol. The Bertz CT molecular complexity index is 223. The average Bonchev–Trinajstić information content (AvgIpc) is 2.24. The first-order valence-electron chi connectivity index (χ1n) is 5.27. The van der Waals surface area contributed by atoms with E-state index >= 15 is 0 Å². The number of alkyl halides is 1. The Hall–Kier alpha value is -0.810. The summed E-state index contributed by atoms with van der Waals surface area (Å²) in [6, 6.07) is -0.683. The van der Waals surface area contributed by atoms with Crippen molar-refractivity contribution in [1.29, 1.82) is 0 Å². The number of carbonyl (C=O) groups excluding carboxylic acids is 2. The summed E-state index contributed by atoms with van der Waals surface area (Å²) in [6.07, 6.45) is -0.0381. The van der Waals surface area contributed by atoms with Crippen LogP contribution in [-0.4, -0.2) is 43.6 Å². The Morgan fingerprint density at radius 3 is 2.38 bits per heavy atom. The molecule has 0 unspecified atom stereocenters. The number of halogens is 1. The predicted molar refractivity (Wildman–Crippen MR) is 60.4 cm³/mol. The molecule has 0 radical (unpaired) electrons. The molecule has 1 atom stereocenters. The summed E-state index contributed by atoms with van der Waals surface area (Å²) in [7, 11) is 0. The maximum absolute atomic E-state index is 11.5. The van der Waals surface area contributed by atoms with Gasteiger partial charge in [-0.2, -0.15) is 0 Å². The van der Waals surface area contributed by atoms with E-state index in [-0.39, 0.29) is 13.0 Å². The molecule has 0 aliphatic heterocycles. The van der Waals surface area contributed by atoms with Gasteiger partial charge in [0.25, 0.3) is 0 Å². The molecule has 0 bridgehead atoms. The molecule has 0 saturated carbocycles. The lowest BCUT2D eigenvalue weighted by Crippen LogP contribution is -2.41. The van der Waals surface area contributed by atoms with E-state index < -0.39 is 18.0 Å². The second kappa shape index (κ2) is 9.42. The van der Waals surface area contributed by atoms with Crippen molar-refractivity contribution >= 4 is 23.5 Å². The highest BCUT2D eigenvalue weighted by Gasteiger charge is 2.22. The van der Waals surface area contributed by atoms with Crippen molar-refractivity contribution in [2.75, 3.05) is 25.6 Å². The van der Waals surface area contributed by atoms with Gasteiger partial charge in [0.15, 0.2) is 0 Å². The number of nitrogens with one attached hydrogen (secondary N) is 1. The molecule has 0 aromatic carbocycles. The van der Waals surface area contributed by atoms with Gasteiger partial charge in [-0.1, -0.05) is 0 Å². The molecule has 0 aliphatic rings. The summed E-state index contributed by atoms with van der Waals surface area (Å²) in [5, 5.41) is 2.84. The molecule has 0 aliphatic carbocycles. The Morgan fingerprint density at radius 1 is 1.25 bits per heavy atom. The van der Waals surface area contributed by atoms with Crippen LogP contribution in [0.25, 0.3) is 0 Å². The zero-order chi connectivity index (χ0) is 12.4. The van der Waals surface area contributed by atoms with Gasteiger partial charge in [0.05, 0.1) is 19.6 Å². The highest BCUT2D eigenvalue weighted by molar-refractivity contribution is 6.18. The standard InChI is InChI=1S/C10H18ClNO4/c1-3-15-9(13)7-8(12-6-5-11)10(14)16-4-2/h8,12H,3-7H2,1-2H3/t8-/m1/s1. The fourth-order valence-corrected chi connectivity index (χ4v) is 1.21. The SMILES string of the molecule is CCOC(=O)C[C@@H](NCCCl)C(=O)OCC. The third kappa shape index (κ3) is 6.63. The molecule has 0 amide bonds. The van der Waals surface area contributed by atoms with Gasteiger partial charge in [-0.05, 0) is 13.8 Å². The second-order valence-corrected chi connectivity index (χ2v) is 3.33. The van der Waals surface area contributed by atoms with E-state index in [4.69, 9.17) is 21.1 Å². The third-order valence-corrected chi connectivity index (χ3v) is 1.92. The van der Waals surface area contributed by atoms with Crippen LogP contribution in [-0.2, 0) is 19.1 Å². The van der Waals surface area contributed by atoms with Crippen molar-refractivity contribution in [3.8, 4) is 0 Å². The molecule has 1 N–H and O–H groups in total. The van der Waals surface area contributed by atoms with Gasteiger partial charge < -0.3 is 14.8 Å². The van der Waals surface area contributed by atoms with Gasteiger partial charge in [-0.15, -0.1) is 11.6 Å². The van der Waals surface area contributed by atoms with E-state index in [9.17, 15) is 9.59 Å². The Kier molecular flexibility index (Phi) is 8.94. The molecule has 16 heavy (non-hydrogen) atoms. The maximum atomic E-state index is 11.5. The van der Waals surface area contributed by atoms with Crippen molar-refractivity contribution in [2.45, 2.75) is 26.3 Å². The van der Waals surface area contributed by atoms with Crippen molar-refractivity contribution in [3.63, 3.8) is 0 Å². The van der Waals surface area contributed by atoms with E-state index in [1.807, 2.05) is 0 Å². The summed E-state index contributed by atoms with van der Waals surface area (Å²) >= 11 is 5.49. The number of carbonyl (C=O) groups is 2. The van der Waals surface area contributed by atoms with Crippen LogP contribution in [0.5, 0.6) is 0 Å². The van der Waals surface area contributed by atoms with Crippen LogP contribution in [0.3, 0.4) is 0 Å². The van der Waals surface area contributed by atoms with Crippen LogP contribution in [0.4, 0.5) is 0 Å². The van der Waals surface area contributed by atoms with Gasteiger partial charge in [-0.3, -0.25) is 9.59 Å². The summed E-state index contributed by atoms with van der Waals surface area (Å²) in [6.45, 7) is 4.43. The molecule has 0 aromatic rings. The minimum atomic E-state index is -0.683. The molecule has 0 fully saturated rings. The van der Waals surface area contributed by atoms with Crippen molar-refractivity contribution in [1.82, 2.24) is 5.32 Å². The summed E-state index contributed by atoms with van der Waals surface area (Å²) in [5.41, 5.74) is 0. The summed E-state index contributed by atoms with van der Waals surface area (Å²) < 4.78 is 9.59. The normalized spacial score (nSPS) is 11.9. The Labute approximate surface area is 100 Å². The summed E-state index contributed by atoms with van der Waals surface area (Å²) in [4.78, 5) is 22.7. The number of rotatable bonds is 8. The Morgan fingerprint density at radius 2 is 1.88 bits per heavy atom. The molecule has 0 rings (SSSR count). The van der Waals surface area contributed by atoms with Crippen molar-refractivity contribution in [3.05, 3.63) is 0 Å². The highest BCUT2D eigenvalue weighted by Crippen LogP contribution is 1.99. The molecule has 0 heterocycles. The van der Waals surface area contributed by atoms with E-state index in [1.165, 1.54) is 0 Å². The van der Waals surface area contributed by atoms with E-state index in [2.05, 4.69) is 5.32 Å². The predicted octanol–water partition coefficient (Wildman–Crippen LogP) is 0.700. The second-order valence-electron chi connectivity index (χ2n) is 2.96. The molecule has 94 valence electrons. The first kappa shape index (κ1) is 15.2.